The predicted molar refractivity (Wildman–Crippen MR) is 49.2 cm³/mol. The number of carboxylic acid groups (broad SMARTS) is 1. The molecule has 0 aliphatic carbocycles. The summed E-state index contributed by atoms with van der Waals surface area (Å²) in [5.74, 6) is -2.18. The van der Waals surface area contributed by atoms with Crippen LogP contribution in [-0.2, 0) is 0 Å². The molecule has 84 valence electrons. The van der Waals surface area contributed by atoms with Gasteiger partial charge in [0.1, 0.15) is 11.6 Å². The third-order valence-corrected chi connectivity index (χ3v) is 1.67. The normalized spacial score (nSPS) is 9.88. The fourth-order valence-corrected chi connectivity index (χ4v) is 1.11. The third kappa shape index (κ3) is 2.36. The lowest BCUT2D eigenvalue weighted by Crippen LogP contribution is -2.10. The fraction of sp³-hybridized carbons (Fsp3) is 0.111. The van der Waals surface area contributed by atoms with Crippen molar-refractivity contribution >= 4 is 11.7 Å². The summed E-state index contributed by atoms with van der Waals surface area (Å²) < 4.78 is 28.0. The summed E-state index contributed by atoms with van der Waals surface area (Å²) in [6.07, 6.45) is 0. The van der Waals surface area contributed by atoms with Gasteiger partial charge in [-0.1, -0.05) is 0 Å². The zero-order chi connectivity index (χ0) is 12.3. The topological polar surface area (TPSA) is 96.3 Å². The van der Waals surface area contributed by atoms with Crippen molar-refractivity contribution in [1.82, 2.24) is 0 Å². The van der Waals surface area contributed by atoms with Gasteiger partial charge < -0.3 is 15.6 Å². The van der Waals surface area contributed by atoms with E-state index in [1.807, 2.05) is 0 Å². The van der Waals surface area contributed by atoms with Gasteiger partial charge in [-0.25, -0.2) is 4.79 Å². The Hall–Kier alpha value is -2.36. The molecule has 1 rings (SSSR count). The largest absolute Gasteiger partial charge is 0.478 e. The molecular weight excluding hydrogens is 222 g/mol. The molecule has 0 spiro atoms. The van der Waals surface area contributed by atoms with Gasteiger partial charge in [-0.2, -0.15) is 14.0 Å². The molecule has 16 heavy (non-hydrogen) atoms. The van der Waals surface area contributed by atoms with Gasteiger partial charge in [-0.15, -0.1) is 0 Å². The van der Waals surface area contributed by atoms with Crippen LogP contribution < -0.4 is 10.5 Å². The Balaban J connectivity index is 3.40. The molecule has 5 nitrogen and oxygen atoms in total. The Morgan fingerprint density at radius 1 is 1.56 bits per heavy atom. The van der Waals surface area contributed by atoms with Crippen LogP contribution in [0.3, 0.4) is 0 Å². The molecule has 7 heteroatoms. The first-order valence-electron chi connectivity index (χ1n) is 3.97. The van der Waals surface area contributed by atoms with E-state index < -0.39 is 23.9 Å². The first-order valence-corrected chi connectivity index (χ1v) is 3.97. The number of nitrogens with zero attached hydrogens (tertiary/aromatic N) is 1. The van der Waals surface area contributed by atoms with Gasteiger partial charge in [0, 0.05) is 5.69 Å². The number of benzene rings is 1. The number of carboxylic acids is 1. The zero-order valence-corrected chi connectivity index (χ0v) is 7.78. The number of hydrogen-bond acceptors (Lipinski definition) is 4. The smallest absolute Gasteiger partial charge is 0.387 e. The van der Waals surface area contributed by atoms with Crippen LogP contribution in [0.15, 0.2) is 12.1 Å². The third-order valence-electron chi connectivity index (χ3n) is 1.67. The van der Waals surface area contributed by atoms with Crippen LogP contribution in [0.25, 0.3) is 0 Å². The second-order valence-corrected chi connectivity index (χ2v) is 2.74. The van der Waals surface area contributed by atoms with E-state index in [2.05, 4.69) is 4.74 Å². The number of alkyl halides is 2. The molecule has 0 aliphatic heterocycles. The molecular formula is C9H6F2N2O3. The number of carbonyl (C=O) groups is 1. The molecule has 0 fully saturated rings. The molecule has 0 amide bonds. The van der Waals surface area contributed by atoms with Crippen molar-refractivity contribution < 1.29 is 23.4 Å². The van der Waals surface area contributed by atoms with Crippen molar-refractivity contribution in [2.45, 2.75) is 6.61 Å². The number of nitrogens with two attached hydrogens (primary N) is 1. The van der Waals surface area contributed by atoms with E-state index >= 15 is 0 Å². The van der Waals surface area contributed by atoms with E-state index in [0.717, 1.165) is 12.1 Å². The Kier molecular flexibility index (Phi) is 3.25. The van der Waals surface area contributed by atoms with Gasteiger partial charge in [0.15, 0.2) is 5.75 Å². The van der Waals surface area contributed by atoms with Crippen molar-refractivity contribution in [3.8, 4) is 11.8 Å². The average molecular weight is 228 g/mol. The van der Waals surface area contributed by atoms with Crippen molar-refractivity contribution in [1.29, 1.82) is 5.26 Å². The summed E-state index contributed by atoms with van der Waals surface area (Å²) in [5.41, 5.74) is 4.38. The Bertz CT molecular complexity index is 469. The zero-order valence-electron chi connectivity index (χ0n) is 7.78. The number of rotatable bonds is 3. The molecule has 0 aliphatic rings. The second kappa shape index (κ2) is 4.44. The number of aromatic carboxylic acids is 1. The molecule has 0 aromatic heterocycles. The maximum absolute atomic E-state index is 12.0. The van der Waals surface area contributed by atoms with Gasteiger partial charge in [0.25, 0.3) is 0 Å². The van der Waals surface area contributed by atoms with Crippen molar-refractivity contribution in [2.24, 2.45) is 0 Å². The molecule has 3 N–H and O–H groups in total. The van der Waals surface area contributed by atoms with Crippen LogP contribution >= 0.6 is 0 Å². The summed E-state index contributed by atoms with van der Waals surface area (Å²) in [6, 6.07) is 3.54. The Morgan fingerprint density at radius 3 is 2.62 bits per heavy atom. The van der Waals surface area contributed by atoms with Crippen LogP contribution in [0.5, 0.6) is 5.75 Å². The highest BCUT2D eigenvalue weighted by Gasteiger charge is 2.20. The minimum absolute atomic E-state index is 0.0180. The highest BCUT2D eigenvalue weighted by molar-refractivity contribution is 5.93. The predicted octanol–water partition coefficient (Wildman–Crippen LogP) is 1.44. The summed E-state index contributed by atoms with van der Waals surface area (Å²) in [4.78, 5) is 10.7. The maximum atomic E-state index is 12.0. The molecule has 0 radical (unpaired) electrons. The maximum Gasteiger partial charge on any atom is 0.387 e. The van der Waals surface area contributed by atoms with E-state index in [1.54, 1.807) is 0 Å². The van der Waals surface area contributed by atoms with Gasteiger partial charge >= 0.3 is 12.6 Å². The van der Waals surface area contributed by atoms with Gasteiger partial charge in [-0.05, 0) is 12.1 Å². The molecule has 0 saturated heterocycles. The minimum Gasteiger partial charge on any atom is -0.478 e. The van der Waals surface area contributed by atoms with Crippen molar-refractivity contribution in [3.05, 3.63) is 23.3 Å². The van der Waals surface area contributed by atoms with E-state index in [4.69, 9.17) is 16.1 Å². The molecule has 0 atom stereocenters. The van der Waals surface area contributed by atoms with E-state index in [0.29, 0.717) is 0 Å². The van der Waals surface area contributed by atoms with Crippen molar-refractivity contribution in [3.63, 3.8) is 0 Å². The molecule has 0 heterocycles. The number of nitriles is 1. The number of halogens is 2. The molecule has 0 unspecified atom stereocenters. The van der Waals surface area contributed by atoms with E-state index in [-0.39, 0.29) is 11.3 Å². The fourth-order valence-electron chi connectivity index (χ4n) is 1.11. The lowest BCUT2D eigenvalue weighted by molar-refractivity contribution is -0.0505. The SMILES string of the molecule is N#Cc1cc(N)cc(C(=O)O)c1OC(F)F. The van der Waals surface area contributed by atoms with E-state index in [9.17, 15) is 13.6 Å². The van der Waals surface area contributed by atoms with Crippen LogP contribution in [0.2, 0.25) is 0 Å². The summed E-state index contributed by atoms with van der Waals surface area (Å²) in [7, 11) is 0. The number of hydrogen-bond donors (Lipinski definition) is 2. The van der Waals surface area contributed by atoms with Crippen LogP contribution in [0, 0.1) is 11.3 Å². The Morgan fingerprint density at radius 2 is 2.19 bits per heavy atom. The number of ether oxygens (including phenoxy) is 1. The highest BCUT2D eigenvalue weighted by Crippen LogP contribution is 2.28. The van der Waals surface area contributed by atoms with Crippen molar-refractivity contribution in [2.75, 3.05) is 5.73 Å². The summed E-state index contributed by atoms with van der Waals surface area (Å²) in [6.45, 7) is -3.21. The highest BCUT2D eigenvalue weighted by atomic mass is 19.3. The summed E-state index contributed by atoms with van der Waals surface area (Å²) >= 11 is 0. The van der Waals surface area contributed by atoms with Gasteiger partial charge in [0.05, 0.1) is 5.56 Å². The monoisotopic (exact) mass is 228 g/mol. The lowest BCUT2D eigenvalue weighted by atomic mass is 10.1. The van der Waals surface area contributed by atoms with Crippen LogP contribution in [0.4, 0.5) is 14.5 Å². The average Bonchev–Trinajstić information content (AvgIpc) is 2.19. The first-order chi connectivity index (χ1) is 7.45. The standard InChI is InChI=1S/C9H6F2N2O3/c10-9(11)16-7-4(3-12)1-5(13)2-6(7)8(14)15/h1-2,9H,13H2,(H,14,15). The van der Waals surface area contributed by atoms with Crippen LogP contribution in [-0.4, -0.2) is 17.7 Å². The number of nitrogen functional groups attached to an aromatic ring is 1. The lowest BCUT2D eigenvalue weighted by Gasteiger charge is -2.10. The molecule has 0 saturated carbocycles. The van der Waals surface area contributed by atoms with Gasteiger partial charge in [-0.3, -0.25) is 0 Å². The first kappa shape index (κ1) is 11.7. The quantitative estimate of drug-likeness (QED) is 0.763. The van der Waals surface area contributed by atoms with Gasteiger partial charge in [0.2, 0.25) is 0 Å². The molecule has 1 aromatic rings. The van der Waals surface area contributed by atoms with E-state index in [1.165, 1.54) is 6.07 Å². The Labute approximate surface area is 88.7 Å². The molecule has 0 bridgehead atoms. The second-order valence-electron chi connectivity index (χ2n) is 2.74. The minimum atomic E-state index is -3.21. The number of anilines is 1. The molecule has 1 aromatic carbocycles. The van der Waals surface area contributed by atoms with Crippen LogP contribution in [0.1, 0.15) is 15.9 Å². The summed E-state index contributed by atoms with van der Waals surface area (Å²) in [5, 5.41) is 17.4.